The smallest absolute Gasteiger partial charge is 0.270 e. The summed E-state index contributed by atoms with van der Waals surface area (Å²) in [7, 11) is 0. The number of nitrogens with zero attached hydrogens (tertiary/aromatic N) is 1. The van der Waals surface area contributed by atoms with Crippen molar-refractivity contribution in [3.63, 3.8) is 0 Å². The van der Waals surface area contributed by atoms with E-state index in [4.69, 9.17) is 4.74 Å². The highest BCUT2D eigenvalue weighted by Crippen LogP contribution is 2.29. The molecule has 1 aromatic heterocycles. The molecule has 0 aliphatic heterocycles. The van der Waals surface area contributed by atoms with Crippen LogP contribution >= 0.6 is 0 Å². The Labute approximate surface area is 162 Å². The highest BCUT2D eigenvalue weighted by atomic mass is 16.5. The van der Waals surface area contributed by atoms with Crippen molar-refractivity contribution in [1.29, 1.82) is 0 Å². The topological polar surface area (TPSA) is 80.3 Å². The summed E-state index contributed by atoms with van der Waals surface area (Å²) in [5.74, 6) is -0.00987. The van der Waals surface area contributed by atoms with E-state index in [1.165, 1.54) is 0 Å². The summed E-state index contributed by atoms with van der Waals surface area (Å²) in [6.45, 7) is 2.46. The van der Waals surface area contributed by atoms with Crippen molar-refractivity contribution >= 4 is 22.7 Å². The minimum atomic E-state index is -0.383. The molecular formula is C22H21N3O3. The van der Waals surface area contributed by atoms with Gasteiger partial charge in [0.2, 0.25) is 0 Å². The fraction of sp³-hybridized carbons (Fsp3) is 0.227. The molecule has 3 aromatic rings. The molecule has 0 radical (unpaired) electrons. The molecule has 142 valence electrons. The summed E-state index contributed by atoms with van der Waals surface area (Å²) in [5, 5.41) is 0.802. The predicted octanol–water partition coefficient (Wildman–Crippen LogP) is 3.20. The van der Waals surface area contributed by atoms with Crippen LogP contribution in [0.1, 0.15) is 45.3 Å². The van der Waals surface area contributed by atoms with Crippen molar-refractivity contribution < 1.29 is 14.3 Å². The van der Waals surface area contributed by atoms with Gasteiger partial charge in [-0.2, -0.15) is 0 Å². The maximum Gasteiger partial charge on any atom is 0.270 e. The van der Waals surface area contributed by atoms with E-state index in [-0.39, 0.29) is 11.8 Å². The van der Waals surface area contributed by atoms with E-state index in [0.717, 1.165) is 41.4 Å². The third-order valence-electron chi connectivity index (χ3n) is 4.86. The molecule has 28 heavy (non-hydrogen) atoms. The van der Waals surface area contributed by atoms with Crippen molar-refractivity contribution in [2.24, 2.45) is 0 Å². The van der Waals surface area contributed by atoms with Gasteiger partial charge < -0.3 is 4.74 Å². The molecule has 0 fully saturated rings. The van der Waals surface area contributed by atoms with Crippen LogP contribution < -0.4 is 15.6 Å². The molecule has 0 spiro atoms. The predicted molar refractivity (Wildman–Crippen MR) is 106 cm³/mol. The lowest BCUT2D eigenvalue weighted by Crippen LogP contribution is -2.42. The monoisotopic (exact) mass is 375 g/mol. The van der Waals surface area contributed by atoms with E-state index in [1.807, 2.05) is 31.2 Å². The standard InChI is InChI=1S/C22H21N3O3/c1-2-28-15-12-10-14(11-13-15)21(26)24-25-22(27)20-16-6-3-4-8-18(16)23-19-9-5-7-17(19)20/h3-4,6,8,10-13H,2,5,7,9H2,1H3,(H,24,26)(H,25,27). The van der Waals surface area contributed by atoms with Crippen LogP contribution in [0, 0.1) is 0 Å². The SMILES string of the molecule is CCOc1ccc(C(=O)NNC(=O)c2c3c(nc4ccccc24)CCC3)cc1. The molecule has 2 N–H and O–H groups in total. The summed E-state index contributed by atoms with van der Waals surface area (Å²) in [4.78, 5) is 30.0. The van der Waals surface area contributed by atoms with E-state index in [2.05, 4.69) is 15.8 Å². The number of hydrazine groups is 1. The van der Waals surface area contributed by atoms with E-state index in [9.17, 15) is 9.59 Å². The van der Waals surface area contributed by atoms with Gasteiger partial charge in [-0.05, 0) is 62.1 Å². The van der Waals surface area contributed by atoms with Crippen LogP contribution in [0.3, 0.4) is 0 Å². The van der Waals surface area contributed by atoms with E-state index in [0.29, 0.717) is 23.5 Å². The zero-order valence-corrected chi connectivity index (χ0v) is 15.6. The molecule has 2 aromatic carbocycles. The van der Waals surface area contributed by atoms with Crippen LogP contribution in [0.5, 0.6) is 5.75 Å². The summed E-state index contributed by atoms with van der Waals surface area (Å²) < 4.78 is 5.37. The van der Waals surface area contributed by atoms with Crippen LogP contribution in [0.2, 0.25) is 0 Å². The van der Waals surface area contributed by atoms with Crippen molar-refractivity contribution in [1.82, 2.24) is 15.8 Å². The molecule has 2 amide bonds. The fourth-order valence-electron chi connectivity index (χ4n) is 3.59. The number of carbonyl (C=O) groups is 2. The average molecular weight is 375 g/mol. The van der Waals surface area contributed by atoms with Crippen molar-refractivity contribution in [3.8, 4) is 5.75 Å². The van der Waals surface area contributed by atoms with Crippen LogP contribution in [0.15, 0.2) is 48.5 Å². The maximum absolute atomic E-state index is 12.9. The molecule has 0 saturated carbocycles. The number of aromatic nitrogens is 1. The zero-order valence-electron chi connectivity index (χ0n) is 15.6. The Bertz CT molecular complexity index is 1040. The second-order valence-electron chi connectivity index (χ2n) is 6.65. The molecule has 0 saturated heterocycles. The van der Waals surface area contributed by atoms with Crippen LogP contribution in [0.4, 0.5) is 0 Å². The number of pyridine rings is 1. The molecular weight excluding hydrogens is 354 g/mol. The molecule has 6 heteroatoms. The molecule has 4 rings (SSSR count). The van der Waals surface area contributed by atoms with Crippen molar-refractivity contribution in [3.05, 3.63) is 70.9 Å². The normalized spacial score (nSPS) is 12.5. The Hall–Kier alpha value is -3.41. The molecule has 1 aliphatic carbocycles. The van der Waals surface area contributed by atoms with E-state index < -0.39 is 0 Å². The van der Waals surface area contributed by atoms with Gasteiger partial charge in [0.05, 0.1) is 17.7 Å². The highest BCUT2D eigenvalue weighted by molar-refractivity contribution is 6.08. The summed E-state index contributed by atoms with van der Waals surface area (Å²) >= 11 is 0. The van der Waals surface area contributed by atoms with Gasteiger partial charge >= 0.3 is 0 Å². The number of ether oxygens (including phenoxy) is 1. The lowest BCUT2D eigenvalue weighted by molar-refractivity contribution is 0.0847. The Kier molecular flexibility index (Phi) is 4.93. The number of rotatable bonds is 4. The number of fused-ring (bicyclic) bond motifs is 2. The third kappa shape index (κ3) is 3.41. The molecule has 0 atom stereocenters. The lowest BCUT2D eigenvalue weighted by atomic mass is 10.0. The first-order chi connectivity index (χ1) is 13.7. The molecule has 6 nitrogen and oxygen atoms in total. The fourth-order valence-corrected chi connectivity index (χ4v) is 3.59. The zero-order chi connectivity index (χ0) is 19.5. The average Bonchev–Trinajstić information content (AvgIpc) is 3.18. The number of para-hydroxylation sites is 1. The first-order valence-electron chi connectivity index (χ1n) is 9.41. The number of benzene rings is 2. The van der Waals surface area contributed by atoms with Gasteiger partial charge in [-0.3, -0.25) is 25.4 Å². The molecule has 0 unspecified atom stereocenters. The number of nitrogens with one attached hydrogen (secondary N) is 2. The lowest BCUT2D eigenvalue weighted by Gasteiger charge is -2.13. The minimum absolute atomic E-state index is 0.323. The number of hydrogen-bond donors (Lipinski definition) is 2. The van der Waals surface area contributed by atoms with Gasteiger partial charge in [-0.15, -0.1) is 0 Å². The first kappa shape index (κ1) is 18.0. The maximum atomic E-state index is 12.9. The van der Waals surface area contributed by atoms with E-state index >= 15 is 0 Å². The Morgan fingerprint density at radius 2 is 1.75 bits per heavy atom. The van der Waals surface area contributed by atoms with E-state index in [1.54, 1.807) is 24.3 Å². The number of aryl methyl sites for hydroxylation is 1. The van der Waals surface area contributed by atoms with Crippen LogP contribution in [0.25, 0.3) is 10.9 Å². The van der Waals surface area contributed by atoms with Crippen molar-refractivity contribution in [2.45, 2.75) is 26.2 Å². The summed E-state index contributed by atoms with van der Waals surface area (Å²) in [6, 6.07) is 14.4. The first-order valence-corrected chi connectivity index (χ1v) is 9.41. The number of amides is 2. The third-order valence-corrected chi connectivity index (χ3v) is 4.86. The second-order valence-corrected chi connectivity index (χ2v) is 6.65. The van der Waals surface area contributed by atoms with Gasteiger partial charge in [0, 0.05) is 16.6 Å². The van der Waals surface area contributed by atoms with Crippen LogP contribution in [-0.2, 0) is 12.8 Å². The van der Waals surface area contributed by atoms with Crippen LogP contribution in [-0.4, -0.2) is 23.4 Å². The minimum Gasteiger partial charge on any atom is -0.494 e. The molecule has 1 heterocycles. The van der Waals surface area contributed by atoms with Gasteiger partial charge in [-0.25, -0.2) is 0 Å². The van der Waals surface area contributed by atoms with Gasteiger partial charge in [0.25, 0.3) is 11.8 Å². The summed E-state index contributed by atoms with van der Waals surface area (Å²) in [5.41, 5.74) is 8.86. The Balaban J connectivity index is 1.54. The van der Waals surface area contributed by atoms with Gasteiger partial charge in [-0.1, -0.05) is 18.2 Å². The van der Waals surface area contributed by atoms with Gasteiger partial charge in [0.1, 0.15) is 5.75 Å². The highest BCUT2D eigenvalue weighted by Gasteiger charge is 2.24. The quantitative estimate of drug-likeness (QED) is 0.687. The molecule has 0 bridgehead atoms. The Morgan fingerprint density at radius 3 is 2.54 bits per heavy atom. The van der Waals surface area contributed by atoms with Crippen molar-refractivity contribution in [2.75, 3.05) is 6.61 Å². The number of hydrogen-bond acceptors (Lipinski definition) is 4. The summed E-state index contributed by atoms with van der Waals surface area (Å²) in [6.07, 6.45) is 2.68. The second kappa shape index (κ2) is 7.68. The molecule has 1 aliphatic rings. The van der Waals surface area contributed by atoms with Gasteiger partial charge in [0.15, 0.2) is 0 Å². The Morgan fingerprint density at radius 1 is 1.00 bits per heavy atom. The number of carbonyl (C=O) groups excluding carboxylic acids is 2. The largest absolute Gasteiger partial charge is 0.494 e.